The van der Waals surface area contributed by atoms with Crippen LogP contribution in [0, 0.1) is 35.8 Å². The highest BCUT2D eigenvalue weighted by Gasteiger charge is 2.43. The van der Waals surface area contributed by atoms with Crippen molar-refractivity contribution < 1.29 is 23.5 Å². The van der Waals surface area contributed by atoms with Crippen molar-refractivity contribution in [3.05, 3.63) is 89.2 Å². The SMILES string of the molecule is C=C(N[C@@H](C)c1ccc(-c2scnc2C)cc1)[C@@H]1C[C@@H](O)CN1C(=O)[C@@H](CC(=O)CC1CCN(c2cc(-c3cc(F)ccc3F)nnc2N)CC1)C(C)(C)C. The lowest BCUT2D eigenvalue weighted by atomic mass is 9.75. The van der Waals surface area contributed by atoms with E-state index in [1.54, 1.807) is 22.3 Å². The fourth-order valence-corrected chi connectivity index (χ4v) is 8.60. The van der Waals surface area contributed by atoms with Crippen LogP contribution < -0.4 is 16.0 Å². The van der Waals surface area contributed by atoms with E-state index in [0.29, 0.717) is 50.2 Å². The number of likely N-dealkylation sites (tertiary alicyclic amines) is 1. The first-order valence-corrected chi connectivity index (χ1v) is 19.8. The van der Waals surface area contributed by atoms with E-state index in [4.69, 9.17) is 5.73 Å². The lowest BCUT2D eigenvalue weighted by molar-refractivity contribution is -0.142. The van der Waals surface area contributed by atoms with Crippen molar-refractivity contribution in [2.45, 2.75) is 84.9 Å². The number of anilines is 2. The molecule has 4 heterocycles. The second kappa shape index (κ2) is 16.5. The molecule has 2 aromatic heterocycles. The number of piperidine rings is 1. The number of rotatable bonds is 12. The Morgan fingerprint density at radius 2 is 1.80 bits per heavy atom. The predicted molar refractivity (Wildman–Crippen MR) is 213 cm³/mol. The Morgan fingerprint density at radius 1 is 1.09 bits per heavy atom. The number of benzene rings is 2. The fourth-order valence-electron chi connectivity index (χ4n) is 7.79. The van der Waals surface area contributed by atoms with Gasteiger partial charge in [0.15, 0.2) is 5.82 Å². The van der Waals surface area contributed by atoms with E-state index in [1.165, 1.54) is 0 Å². The minimum Gasteiger partial charge on any atom is -0.391 e. The number of thiazole rings is 1. The number of nitrogens with one attached hydrogen (secondary N) is 1. The van der Waals surface area contributed by atoms with Crippen LogP contribution in [0.4, 0.5) is 20.3 Å². The number of aliphatic hydroxyl groups excluding tert-OH is 1. The first-order valence-electron chi connectivity index (χ1n) is 18.9. The molecule has 0 unspecified atom stereocenters. The number of β-amino-alcohol motifs (C(OH)–C–C–N with tert-alkyl or cyclic N) is 1. The summed E-state index contributed by atoms with van der Waals surface area (Å²) in [5.41, 5.74) is 12.1. The Balaban J connectivity index is 1.06. The van der Waals surface area contributed by atoms with Crippen LogP contribution in [0.3, 0.4) is 0 Å². The minimum absolute atomic E-state index is 0.00578. The number of Topliss-reactive ketones (excluding diaryl/α,β-unsaturated/α-hetero) is 1. The molecular formula is C42H51F2N7O3S. The van der Waals surface area contributed by atoms with Crippen LogP contribution in [0.25, 0.3) is 21.7 Å². The van der Waals surface area contributed by atoms with Gasteiger partial charge in [-0.2, -0.15) is 0 Å². The standard InChI is InChI=1S/C42H51F2N7O3S/c1-24(28-7-9-29(10-8-28)39-26(3)46-23-55-39)47-25(2)37-20-32(53)22-51(37)41(54)34(42(4,5)6)19-31(52)17-27-13-15-50(16-14-27)38-21-36(48-49-40(38)45)33-18-30(43)11-12-35(33)44/h7-12,18,21,23-24,27,32,34,37,47,53H,2,13-17,19-20,22H2,1,3-6H3,(H2,45,49)/t24-,32+,34+,37-/m0/s1. The molecule has 4 atom stereocenters. The molecular weight excluding hydrogens is 721 g/mol. The molecule has 0 radical (unpaired) electrons. The maximum Gasteiger partial charge on any atom is 0.227 e. The molecule has 292 valence electrons. The molecule has 4 N–H and O–H groups in total. The van der Waals surface area contributed by atoms with Gasteiger partial charge in [-0.25, -0.2) is 13.8 Å². The molecule has 10 nitrogen and oxygen atoms in total. The number of carbonyl (C=O) groups excluding carboxylic acids is 2. The zero-order valence-corrected chi connectivity index (χ0v) is 33.0. The zero-order valence-electron chi connectivity index (χ0n) is 32.2. The third kappa shape index (κ3) is 9.21. The number of ketones is 1. The van der Waals surface area contributed by atoms with Crippen LogP contribution in [0.1, 0.15) is 77.1 Å². The van der Waals surface area contributed by atoms with Crippen molar-refractivity contribution in [3.8, 4) is 21.7 Å². The Hall–Kier alpha value is -4.75. The molecule has 2 aliphatic heterocycles. The number of hydrogen-bond acceptors (Lipinski definition) is 10. The van der Waals surface area contributed by atoms with Gasteiger partial charge in [-0.05, 0) is 73.4 Å². The summed E-state index contributed by atoms with van der Waals surface area (Å²) in [5, 5.41) is 22.3. The van der Waals surface area contributed by atoms with Gasteiger partial charge < -0.3 is 26.0 Å². The highest BCUT2D eigenvalue weighted by atomic mass is 32.1. The Kier molecular flexibility index (Phi) is 12.0. The summed E-state index contributed by atoms with van der Waals surface area (Å²) in [6.07, 6.45) is 1.55. The highest BCUT2D eigenvalue weighted by molar-refractivity contribution is 7.13. The topological polar surface area (TPSA) is 138 Å². The summed E-state index contributed by atoms with van der Waals surface area (Å²) in [6, 6.07) is 12.6. The highest BCUT2D eigenvalue weighted by Crippen LogP contribution is 2.37. The van der Waals surface area contributed by atoms with E-state index >= 15 is 0 Å². The summed E-state index contributed by atoms with van der Waals surface area (Å²) >= 11 is 1.61. The Morgan fingerprint density at radius 3 is 2.45 bits per heavy atom. The lowest BCUT2D eigenvalue weighted by Gasteiger charge is -2.37. The largest absolute Gasteiger partial charge is 0.391 e. The first kappa shape index (κ1) is 39.9. The molecule has 6 rings (SSSR count). The second-order valence-electron chi connectivity index (χ2n) is 16.1. The maximum atomic E-state index is 14.5. The van der Waals surface area contributed by atoms with Crippen molar-refractivity contribution in [3.63, 3.8) is 0 Å². The van der Waals surface area contributed by atoms with Gasteiger partial charge in [0.2, 0.25) is 5.91 Å². The molecule has 2 aliphatic rings. The number of nitrogen functional groups attached to an aromatic ring is 1. The molecule has 2 fully saturated rings. The van der Waals surface area contributed by atoms with Crippen LogP contribution in [0.5, 0.6) is 0 Å². The molecule has 55 heavy (non-hydrogen) atoms. The number of carbonyl (C=O) groups is 2. The number of nitrogens with two attached hydrogens (primary N) is 1. The van der Waals surface area contributed by atoms with E-state index in [-0.39, 0.29) is 53.7 Å². The van der Waals surface area contributed by atoms with Gasteiger partial charge in [-0.1, -0.05) is 51.6 Å². The van der Waals surface area contributed by atoms with Crippen molar-refractivity contribution in [1.29, 1.82) is 0 Å². The third-order valence-electron chi connectivity index (χ3n) is 11.0. The van der Waals surface area contributed by atoms with E-state index in [9.17, 15) is 23.5 Å². The van der Waals surface area contributed by atoms with Crippen LogP contribution in [-0.4, -0.2) is 68.7 Å². The van der Waals surface area contributed by atoms with Gasteiger partial charge in [0, 0.05) is 62.1 Å². The average molecular weight is 772 g/mol. The van der Waals surface area contributed by atoms with Gasteiger partial charge in [-0.15, -0.1) is 21.5 Å². The summed E-state index contributed by atoms with van der Waals surface area (Å²) in [4.78, 5) is 37.3. The van der Waals surface area contributed by atoms with Gasteiger partial charge in [-0.3, -0.25) is 9.59 Å². The van der Waals surface area contributed by atoms with Crippen molar-refractivity contribution in [2.24, 2.45) is 17.3 Å². The van der Waals surface area contributed by atoms with Crippen LogP contribution in [0.15, 0.2) is 66.3 Å². The Bertz CT molecular complexity index is 2020. The van der Waals surface area contributed by atoms with Crippen molar-refractivity contribution in [1.82, 2.24) is 25.4 Å². The van der Waals surface area contributed by atoms with Crippen molar-refractivity contribution in [2.75, 3.05) is 30.3 Å². The predicted octanol–water partition coefficient (Wildman–Crippen LogP) is 7.49. The fraction of sp³-hybridized carbons (Fsp3) is 0.452. The summed E-state index contributed by atoms with van der Waals surface area (Å²) in [6.45, 7) is 15.7. The van der Waals surface area contributed by atoms with Gasteiger partial charge in [0.25, 0.3) is 0 Å². The molecule has 2 aromatic carbocycles. The molecule has 1 amide bonds. The number of amides is 1. The summed E-state index contributed by atoms with van der Waals surface area (Å²) in [5.74, 6) is -1.58. The minimum atomic E-state index is -0.695. The summed E-state index contributed by atoms with van der Waals surface area (Å²) < 4.78 is 28.4. The average Bonchev–Trinajstić information content (AvgIpc) is 3.76. The molecule has 4 aromatic rings. The number of aliphatic hydroxyl groups is 1. The van der Waals surface area contributed by atoms with E-state index < -0.39 is 35.1 Å². The van der Waals surface area contributed by atoms with Crippen LogP contribution in [-0.2, 0) is 9.59 Å². The van der Waals surface area contributed by atoms with Crippen LogP contribution in [0.2, 0.25) is 0 Å². The molecule has 0 aliphatic carbocycles. The number of nitrogens with zero attached hydrogens (tertiary/aromatic N) is 5. The number of halogens is 2. The van der Waals surface area contributed by atoms with E-state index in [2.05, 4.69) is 51.3 Å². The molecule has 0 bridgehead atoms. The van der Waals surface area contributed by atoms with E-state index in [0.717, 1.165) is 39.9 Å². The monoisotopic (exact) mass is 771 g/mol. The number of aromatic nitrogens is 3. The number of aryl methyl sites for hydroxylation is 1. The smallest absolute Gasteiger partial charge is 0.227 e. The van der Waals surface area contributed by atoms with E-state index in [1.807, 2.05) is 45.0 Å². The maximum absolute atomic E-state index is 14.5. The second-order valence-corrected chi connectivity index (χ2v) is 17.0. The number of hydrogen-bond donors (Lipinski definition) is 3. The molecule has 2 saturated heterocycles. The normalized spacial score (nSPS) is 19.0. The summed E-state index contributed by atoms with van der Waals surface area (Å²) in [7, 11) is 0. The third-order valence-corrected chi connectivity index (χ3v) is 12.0. The van der Waals surface area contributed by atoms with Gasteiger partial charge >= 0.3 is 0 Å². The molecule has 0 saturated carbocycles. The van der Waals surface area contributed by atoms with Crippen molar-refractivity contribution >= 4 is 34.5 Å². The quantitative estimate of drug-likeness (QED) is 0.134. The van der Waals surface area contributed by atoms with Crippen LogP contribution >= 0.6 is 11.3 Å². The Labute approximate surface area is 325 Å². The molecule has 13 heteroatoms. The zero-order chi connectivity index (χ0) is 39.6. The first-order chi connectivity index (χ1) is 26.1. The lowest BCUT2D eigenvalue weighted by Crippen LogP contribution is -2.47. The van der Waals surface area contributed by atoms with Gasteiger partial charge in [0.05, 0.1) is 39.6 Å². The van der Waals surface area contributed by atoms with Gasteiger partial charge in [0.1, 0.15) is 17.4 Å². The molecule has 0 spiro atoms.